The molecule has 1 aliphatic heterocycles. The maximum atomic E-state index is 13.9. The van der Waals surface area contributed by atoms with E-state index in [0.29, 0.717) is 48.6 Å². The van der Waals surface area contributed by atoms with Crippen molar-refractivity contribution in [1.29, 1.82) is 0 Å². The SMILES string of the molecule is CCCNC(=O)[C@]1(CCS(=O)(=O)c2ccccc2)N=C(c2ccc(OCCCO)cc2)O[C@@H]1c1cccc(OC)c1. The molecule has 0 radical (unpaired) electrons. The van der Waals surface area contributed by atoms with Crippen LogP contribution in [0.4, 0.5) is 0 Å². The Morgan fingerprint density at radius 3 is 2.49 bits per heavy atom. The average molecular weight is 581 g/mol. The van der Waals surface area contributed by atoms with Gasteiger partial charge in [0, 0.05) is 31.6 Å². The number of methoxy groups -OCH3 is 1. The summed E-state index contributed by atoms with van der Waals surface area (Å²) in [5, 5.41) is 11.9. The van der Waals surface area contributed by atoms with Gasteiger partial charge in [-0.2, -0.15) is 0 Å². The zero-order valence-electron chi connectivity index (χ0n) is 23.3. The molecule has 3 aromatic rings. The number of amides is 1. The summed E-state index contributed by atoms with van der Waals surface area (Å²) < 4.78 is 44.2. The number of aliphatic hydroxyl groups is 1. The van der Waals surface area contributed by atoms with E-state index in [-0.39, 0.29) is 29.6 Å². The topological polar surface area (TPSA) is 124 Å². The van der Waals surface area contributed by atoms with E-state index in [2.05, 4.69) is 5.32 Å². The minimum Gasteiger partial charge on any atom is -0.497 e. The van der Waals surface area contributed by atoms with Crippen molar-refractivity contribution < 1.29 is 32.5 Å². The summed E-state index contributed by atoms with van der Waals surface area (Å²) in [5.74, 6) is 0.696. The van der Waals surface area contributed by atoms with Crippen molar-refractivity contribution in [2.24, 2.45) is 4.99 Å². The van der Waals surface area contributed by atoms with E-state index in [0.717, 1.165) is 0 Å². The van der Waals surface area contributed by atoms with Crippen molar-refractivity contribution in [3.8, 4) is 11.5 Å². The minimum absolute atomic E-state index is 0.0383. The van der Waals surface area contributed by atoms with Gasteiger partial charge in [-0.25, -0.2) is 13.4 Å². The number of hydrogen-bond acceptors (Lipinski definition) is 8. The molecule has 218 valence electrons. The van der Waals surface area contributed by atoms with Crippen molar-refractivity contribution in [2.45, 2.75) is 42.7 Å². The summed E-state index contributed by atoms with van der Waals surface area (Å²) >= 11 is 0. The number of aliphatic hydroxyl groups excluding tert-OH is 1. The molecular formula is C31H36N2O7S. The summed E-state index contributed by atoms with van der Waals surface area (Å²) in [6.45, 7) is 2.76. The normalized spacial score (nSPS) is 18.3. The van der Waals surface area contributed by atoms with Crippen LogP contribution in [-0.4, -0.2) is 63.5 Å². The van der Waals surface area contributed by atoms with Gasteiger partial charge >= 0.3 is 0 Å². The lowest BCUT2D eigenvalue weighted by Gasteiger charge is -2.30. The molecule has 41 heavy (non-hydrogen) atoms. The summed E-state index contributed by atoms with van der Waals surface area (Å²) in [6, 6.07) is 22.4. The van der Waals surface area contributed by atoms with Crippen molar-refractivity contribution in [3.63, 3.8) is 0 Å². The molecule has 0 spiro atoms. The lowest BCUT2D eigenvalue weighted by Crippen LogP contribution is -2.49. The maximum absolute atomic E-state index is 13.9. The molecule has 2 atom stereocenters. The molecule has 1 aliphatic rings. The number of nitrogens with zero attached hydrogens (tertiary/aromatic N) is 1. The van der Waals surface area contributed by atoms with E-state index >= 15 is 0 Å². The molecule has 0 bridgehead atoms. The number of ether oxygens (including phenoxy) is 3. The Bertz CT molecular complexity index is 1440. The zero-order valence-corrected chi connectivity index (χ0v) is 24.1. The molecule has 0 fully saturated rings. The lowest BCUT2D eigenvalue weighted by atomic mass is 9.85. The van der Waals surface area contributed by atoms with Crippen LogP contribution in [0.1, 0.15) is 43.4 Å². The smallest absolute Gasteiger partial charge is 0.252 e. The van der Waals surface area contributed by atoms with Crippen molar-refractivity contribution in [3.05, 3.63) is 90.0 Å². The van der Waals surface area contributed by atoms with Crippen molar-refractivity contribution >= 4 is 21.6 Å². The number of nitrogens with one attached hydrogen (secondary N) is 1. The fraction of sp³-hybridized carbons (Fsp3) is 0.355. The van der Waals surface area contributed by atoms with Gasteiger partial charge in [-0.3, -0.25) is 4.79 Å². The highest BCUT2D eigenvalue weighted by Gasteiger charge is 2.53. The van der Waals surface area contributed by atoms with Crippen LogP contribution >= 0.6 is 0 Å². The number of sulfone groups is 1. The van der Waals surface area contributed by atoms with E-state index in [9.17, 15) is 13.2 Å². The second-order valence-electron chi connectivity index (χ2n) is 9.70. The fourth-order valence-corrected chi connectivity index (χ4v) is 5.99. The third-order valence-electron chi connectivity index (χ3n) is 6.82. The second-order valence-corrected chi connectivity index (χ2v) is 11.8. The largest absolute Gasteiger partial charge is 0.497 e. The van der Waals surface area contributed by atoms with Crippen molar-refractivity contribution in [2.75, 3.05) is 32.6 Å². The third kappa shape index (κ3) is 7.07. The minimum atomic E-state index is -3.72. The first-order valence-electron chi connectivity index (χ1n) is 13.6. The quantitative estimate of drug-likeness (QED) is 0.275. The van der Waals surface area contributed by atoms with Crippen molar-refractivity contribution in [1.82, 2.24) is 5.32 Å². The van der Waals surface area contributed by atoms with Gasteiger partial charge in [0.05, 0.1) is 24.4 Å². The summed E-state index contributed by atoms with van der Waals surface area (Å²) in [7, 11) is -2.17. The Hall–Kier alpha value is -3.89. The first-order chi connectivity index (χ1) is 19.8. The Kier molecular flexibility index (Phi) is 10.0. The highest BCUT2D eigenvalue weighted by molar-refractivity contribution is 7.91. The molecule has 0 aliphatic carbocycles. The number of carbonyl (C=O) groups excluding carboxylic acids is 1. The predicted molar refractivity (Wildman–Crippen MR) is 156 cm³/mol. The Morgan fingerprint density at radius 1 is 1.05 bits per heavy atom. The van der Waals surface area contributed by atoms with Gasteiger partial charge in [0.2, 0.25) is 5.90 Å². The molecule has 0 aromatic heterocycles. The van der Waals surface area contributed by atoms with E-state index in [1.165, 1.54) is 0 Å². The van der Waals surface area contributed by atoms with Gasteiger partial charge in [0.15, 0.2) is 21.5 Å². The van der Waals surface area contributed by atoms with Gasteiger partial charge in [0.25, 0.3) is 5.91 Å². The Labute approximate surface area is 241 Å². The molecule has 3 aromatic carbocycles. The van der Waals surface area contributed by atoms with Gasteiger partial charge < -0.3 is 24.6 Å². The molecule has 4 rings (SSSR count). The van der Waals surface area contributed by atoms with E-state index in [1.54, 1.807) is 79.9 Å². The van der Waals surface area contributed by atoms with Crippen LogP contribution in [0.2, 0.25) is 0 Å². The molecule has 0 unspecified atom stereocenters. The van der Waals surface area contributed by atoms with Gasteiger partial charge in [0.1, 0.15) is 11.5 Å². The first-order valence-corrected chi connectivity index (χ1v) is 15.3. The highest BCUT2D eigenvalue weighted by Crippen LogP contribution is 2.43. The van der Waals surface area contributed by atoms with Crippen LogP contribution in [0.15, 0.2) is 88.8 Å². The van der Waals surface area contributed by atoms with E-state index in [4.69, 9.17) is 24.3 Å². The van der Waals surface area contributed by atoms with Crippen LogP contribution < -0.4 is 14.8 Å². The summed E-state index contributed by atoms with van der Waals surface area (Å²) in [4.78, 5) is 19.0. The number of hydrogen-bond donors (Lipinski definition) is 2. The lowest BCUT2D eigenvalue weighted by molar-refractivity contribution is -0.129. The fourth-order valence-electron chi connectivity index (χ4n) is 4.60. The van der Waals surface area contributed by atoms with Crippen LogP contribution in [0.3, 0.4) is 0 Å². The van der Waals surface area contributed by atoms with Crippen LogP contribution in [0.25, 0.3) is 0 Å². The van der Waals surface area contributed by atoms with Gasteiger partial charge in [-0.1, -0.05) is 37.3 Å². The molecule has 10 heteroatoms. The molecule has 9 nitrogen and oxygen atoms in total. The van der Waals surface area contributed by atoms with Crippen LogP contribution in [0.5, 0.6) is 11.5 Å². The predicted octanol–water partition coefficient (Wildman–Crippen LogP) is 4.10. The molecular weight excluding hydrogens is 544 g/mol. The van der Waals surface area contributed by atoms with Gasteiger partial charge in [-0.05, 0) is 60.5 Å². The third-order valence-corrected chi connectivity index (χ3v) is 8.55. The maximum Gasteiger partial charge on any atom is 0.252 e. The van der Waals surface area contributed by atoms with Crippen LogP contribution in [0, 0.1) is 0 Å². The molecule has 2 N–H and O–H groups in total. The standard InChI is InChI=1S/C31H36N2O7S/c1-3-18-32-30(35)31(17-21-41(36,37)27-11-5-4-6-12-27)28(24-9-7-10-26(22-24)38-2)40-29(33-31)23-13-15-25(16-14-23)39-20-8-19-34/h4-7,9-16,22,28,34H,3,8,17-21H2,1-2H3,(H,32,35)/t28-,31-/m1/s1. The zero-order chi connectivity index (χ0) is 29.3. The highest BCUT2D eigenvalue weighted by atomic mass is 32.2. The summed E-state index contributed by atoms with van der Waals surface area (Å²) in [5.41, 5.74) is -0.311. The monoisotopic (exact) mass is 580 g/mol. The average Bonchev–Trinajstić information content (AvgIpc) is 3.41. The van der Waals surface area contributed by atoms with Gasteiger partial charge in [-0.15, -0.1) is 0 Å². The number of carbonyl (C=O) groups is 1. The molecule has 1 heterocycles. The molecule has 1 amide bonds. The number of rotatable bonds is 14. The first kappa shape index (κ1) is 30.1. The Morgan fingerprint density at radius 2 is 1.80 bits per heavy atom. The number of aliphatic imine (C=N–C) groups is 1. The Balaban J connectivity index is 1.76. The summed E-state index contributed by atoms with van der Waals surface area (Å²) in [6.07, 6.45) is 0.202. The van der Waals surface area contributed by atoms with Crippen LogP contribution in [-0.2, 0) is 19.4 Å². The molecule has 0 saturated heterocycles. The second kappa shape index (κ2) is 13.6. The van der Waals surface area contributed by atoms with E-state index in [1.807, 2.05) is 13.0 Å². The molecule has 0 saturated carbocycles. The van der Waals surface area contributed by atoms with E-state index < -0.39 is 27.4 Å². The number of benzene rings is 3.